The maximum atomic E-state index is 14.8. The number of hydrogen-bond donors (Lipinski definition) is 6. The number of hydrogen-bond acceptors (Lipinski definition) is 18. The number of rotatable bonds is 16. The number of carbonyl (C=O) groups is 1. The first-order valence-electron chi connectivity index (χ1n) is 26.2. The molecule has 0 aromatic heterocycles. The second-order valence-corrected chi connectivity index (χ2v) is 22.6. The summed E-state index contributed by atoms with van der Waals surface area (Å²) in [6.45, 7) is 18.5. The maximum Gasteiger partial charge on any atom is 0.311 e. The van der Waals surface area contributed by atoms with Gasteiger partial charge in [0.15, 0.2) is 12.6 Å². The number of hydrazine groups is 2. The van der Waals surface area contributed by atoms with Gasteiger partial charge in [0.2, 0.25) is 0 Å². The molecule has 4 heterocycles. The van der Waals surface area contributed by atoms with Crippen LogP contribution >= 0.6 is 0 Å². The van der Waals surface area contributed by atoms with Crippen molar-refractivity contribution in [2.75, 3.05) is 67.1 Å². The summed E-state index contributed by atoms with van der Waals surface area (Å²) in [6, 6.07) is 6.21. The molecule has 19 atom stereocenters. The molecule has 4 aliphatic rings. The van der Waals surface area contributed by atoms with Crippen LogP contribution in [0.2, 0.25) is 0 Å². The van der Waals surface area contributed by atoms with Crippen molar-refractivity contribution in [3.05, 3.63) is 41.7 Å². The fourth-order valence-corrected chi connectivity index (χ4v) is 11.6. The normalized spacial score (nSPS) is 39.9. The molecule has 6 N–H and O–H groups in total. The van der Waals surface area contributed by atoms with Gasteiger partial charge in [-0.15, -0.1) is 5.53 Å². The molecular formula is C53H93FN6O12. The lowest BCUT2D eigenvalue weighted by Gasteiger charge is -2.48. The molecule has 72 heavy (non-hydrogen) atoms. The third-order valence-electron chi connectivity index (χ3n) is 16.1. The Kier molecular flexibility index (Phi) is 21.2. The Balaban J connectivity index is 1.42. The number of carbonyl (C=O) groups excluding carboxylic acids is 1. The van der Waals surface area contributed by atoms with Gasteiger partial charge in [0.05, 0.1) is 41.5 Å². The molecule has 0 aliphatic carbocycles. The van der Waals surface area contributed by atoms with Crippen molar-refractivity contribution in [1.82, 2.24) is 25.8 Å². The fourth-order valence-electron chi connectivity index (χ4n) is 11.6. The predicted molar refractivity (Wildman–Crippen MR) is 273 cm³/mol. The minimum absolute atomic E-state index is 0.177. The average molecular weight is 1030 g/mol. The summed E-state index contributed by atoms with van der Waals surface area (Å²) in [7, 11) is 10.9. The van der Waals surface area contributed by atoms with Crippen molar-refractivity contribution in [2.24, 2.45) is 17.8 Å². The maximum absolute atomic E-state index is 14.8. The van der Waals surface area contributed by atoms with Crippen molar-refractivity contribution in [2.45, 2.75) is 204 Å². The Bertz CT molecular complexity index is 1880. The first kappa shape index (κ1) is 60.1. The number of methoxy groups -OCH3 is 2. The summed E-state index contributed by atoms with van der Waals surface area (Å²) in [4.78, 5) is 20.5. The van der Waals surface area contributed by atoms with Crippen molar-refractivity contribution in [3.63, 3.8) is 0 Å². The Morgan fingerprint density at radius 3 is 2.21 bits per heavy atom. The lowest BCUT2D eigenvalue weighted by molar-refractivity contribution is -0.310. The van der Waals surface area contributed by atoms with Crippen LogP contribution in [0.5, 0.6) is 0 Å². The van der Waals surface area contributed by atoms with Crippen LogP contribution in [0.25, 0.3) is 0 Å². The third kappa shape index (κ3) is 14.4. The number of aliphatic hydroxyl groups is 4. The standard InChI is InChI=1S/C53H93FN6O12/c1-17-42-53(10,65)47(62)36(7)59(14)29-31(2)25-52(9,64)48(34(5)45(35(6)49(63)70-42)71-43-27-51(8,67-16)26-33(4)68-43)72-50-44(61)40(24-32(3)69-50)58(13)23-22-38-30-60(56-55-38)41(28-54)46(66-15)37-18-20-39(21-19-37)57(11)12/h18-21,30-36,40-48,50,55-56,61-62,64-65H,17,22-29H2,1-16H3/t31-,32-,33+,34+,35-,36-,40+,41-,42-,43+,44-,45+,46-,47-,48-,50+,51+,52-,53-/m1/s1. The number of benzene rings is 1. The number of ether oxygens (including phenoxy) is 7. The molecule has 0 unspecified atom stereocenters. The van der Waals surface area contributed by atoms with Crippen LogP contribution in [0.3, 0.4) is 0 Å². The molecule has 0 spiro atoms. The first-order chi connectivity index (χ1) is 33.7. The summed E-state index contributed by atoms with van der Waals surface area (Å²) < 4.78 is 59.4. The highest BCUT2D eigenvalue weighted by molar-refractivity contribution is 5.73. The lowest BCUT2D eigenvalue weighted by atomic mass is 9.77. The van der Waals surface area contributed by atoms with Gasteiger partial charge in [-0.05, 0) is 105 Å². The molecule has 0 radical (unpaired) electrons. The molecule has 0 saturated carbocycles. The number of cyclic esters (lactones) is 1. The van der Waals surface area contributed by atoms with Crippen LogP contribution in [0.15, 0.2) is 36.2 Å². The van der Waals surface area contributed by atoms with E-state index >= 15 is 0 Å². The van der Waals surface area contributed by atoms with Crippen molar-refractivity contribution in [1.29, 1.82) is 0 Å². The van der Waals surface area contributed by atoms with Crippen LogP contribution in [0, 0.1) is 17.8 Å². The summed E-state index contributed by atoms with van der Waals surface area (Å²) in [5.41, 5.74) is 4.99. The highest BCUT2D eigenvalue weighted by Crippen LogP contribution is 2.40. The van der Waals surface area contributed by atoms with Crippen LogP contribution in [0.4, 0.5) is 10.1 Å². The van der Waals surface area contributed by atoms with Gasteiger partial charge in [0, 0.05) is 96.3 Å². The first-order valence-corrected chi connectivity index (χ1v) is 26.2. The molecule has 4 aliphatic heterocycles. The van der Waals surface area contributed by atoms with Crippen LogP contribution in [0.1, 0.15) is 119 Å². The lowest BCUT2D eigenvalue weighted by Crippen LogP contribution is -2.60. The number of anilines is 1. The van der Waals surface area contributed by atoms with E-state index in [1.54, 1.807) is 40.0 Å². The average Bonchev–Trinajstić information content (AvgIpc) is 3.80. The SMILES string of the molecule is CC[C@H]1OC(=O)[C@H](C)[C@@H](O[C@H]2C[C@@](C)(OC)C[C@H](C)O2)[C@H](C)[C@@H](O[C@@H]2O[C@H](C)C[C@H](N(C)CCC3=CN([C@H](CF)[C@H](OC)c4ccc(N(C)C)cc4)NN3)[C@H]2O)[C@](C)(O)C[C@@H](C)CN(C)[C@H](C)[C@@H](O)[C@]1(C)O. The van der Waals surface area contributed by atoms with Crippen LogP contribution < -0.4 is 15.9 Å². The van der Waals surface area contributed by atoms with Crippen molar-refractivity contribution < 1.29 is 62.8 Å². The number of alkyl halides is 1. The van der Waals surface area contributed by atoms with Gasteiger partial charge in [-0.2, -0.15) is 0 Å². The van der Waals surface area contributed by atoms with Gasteiger partial charge < -0.3 is 73.7 Å². The number of likely N-dealkylation sites (N-methyl/N-ethyl adjacent to an activating group) is 2. The summed E-state index contributed by atoms with van der Waals surface area (Å²) >= 11 is 0. The second kappa shape index (κ2) is 25.4. The molecule has 3 saturated heterocycles. The van der Waals surface area contributed by atoms with Gasteiger partial charge in [-0.25, -0.2) is 4.39 Å². The monoisotopic (exact) mass is 1020 g/mol. The highest BCUT2D eigenvalue weighted by atomic mass is 19.1. The zero-order chi connectivity index (χ0) is 53.6. The summed E-state index contributed by atoms with van der Waals surface area (Å²) in [5, 5.41) is 50.4. The quantitative estimate of drug-likeness (QED) is 0.125. The van der Waals surface area contributed by atoms with E-state index in [1.165, 1.54) is 6.92 Å². The molecule has 5 rings (SSSR count). The highest BCUT2D eigenvalue weighted by Gasteiger charge is 2.52. The Morgan fingerprint density at radius 2 is 1.61 bits per heavy atom. The largest absolute Gasteiger partial charge is 0.459 e. The molecule has 414 valence electrons. The van der Waals surface area contributed by atoms with Gasteiger partial charge in [-0.3, -0.25) is 9.80 Å². The Morgan fingerprint density at radius 1 is 0.944 bits per heavy atom. The summed E-state index contributed by atoms with van der Waals surface area (Å²) in [6.07, 6.45) is -4.55. The topological polar surface area (TPSA) is 200 Å². The number of nitrogens with zero attached hydrogens (tertiary/aromatic N) is 4. The molecule has 3 fully saturated rings. The van der Waals surface area contributed by atoms with E-state index in [9.17, 15) is 29.6 Å². The zero-order valence-corrected chi connectivity index (χ0v) is 46.2. The van der Waals surface area contributed by atoms with E-state index in [0.717, 1.165) is 16.9 Å². The van der Waals surface area contributed by atoms with Gasteiger partial charge in [-0.1, -0.05) is 32.9 Å². The number of nitrogens with one attached hydrogen (secondary N) is 2. The fraction of sp³-hybridized carbons (Fsp3) is 0.830. The van der Waals surface area contributed by atoms with Gasteiger partial charge >= 0.3 is 5.97 Å². The van der Waals surface area contributed by atoms with Crippen LogP contribution in [-0.2, 0) is 38.0 Å². The molecule has 1 aromatic rings. The Labute approximate surface area is 429 Å². The molecule has 0 amide bonds. The minimum Gasteiger partial charge on any atom is -0.459 e. The van der Waals surface area contributed by atoms with E-state index in [-0.39, 0.29) is 31.0 Å². The second-order valence-electron chi connectivity index (χ2n) is 22.6. The number of halogens is 1. The third-order valence-corrected chi connectivity index (χ3v) is 16.1. The molecular weight excluding hydrogens is 932 g/mol. The zero-order valence-electron chi connectivity index (χ0n) is 46.2. The molecule has 0 bridgehead atoms. The Hall–Kier alpha value is -2.76. The smallest absolute Gasteiger partial charge is 0.311 e. The van der Waals surface area contributed by atoms with Crippen molar-refractivity contribution in [3.8, 4) is 0 Å². The molecule has 19 heteroatoms. The van der Waals surface area contributed by atoms with E-state index < -0.39 is 109 Å². The van der Waals surface area contributed by atoms with E-state index in [1.807, 2.05) is 110 Å². The summed E-state index contributed by atoms with van der Waals surface area (Å²) in [5.74, 6) is -2.62. The van der Waals surface area contributed by atoms with Gasteiger partial charge in [0.1, 0.15) is 42.7 Å². The van der Waals surface area contributed by atoms with E-state index in [0.29, 0.717) is 38.8 Å². The van der Waals surface area contributed by atoms with Crippen molar-refractivity contribution >= 4 is 11.7 Å². The predicted octanol–water partition coefficient (Wildman–Crippen LogP) is 4.65. The molecule has 18 nitrogen and oxygen atoms in total. The molecule has 1 aromatic carbocycles. The number of esters is 1. The van der Waals surface area contributed by atoms with E-state index in [2.05, 4.69) is 15.9 Å². The van der Waals surface area contributed by atoms with Crippen LogP contribution in [-0.4, -0.2) is 194 Å². The minimum atomic E-state index is -1.81. The van der Waals surface area contributed by atoms with Gasteiger partial charge in [0.25, 0.3) is 0 Å². The van der Waals surface area contributed by atoms with E-state index in [4.69, 9.17) is 33.2 Å². The number of aliphatic hydroxyl groups excluding tert-OH is 2.